The van der Waals surface area contributed by atoms with Gasteiger partial charge in [0.2, 0.25) is 0 Å². The Labute approximate surface area is 120 Å². The number of furan rings is 1. The van der Waals surface area contributed by atoms with Gasteiger partial charge in [0.1, 0.15) is 22.7 Å². The largest absolute Gasteiger partial charge is 0.465 e. The topological polar surface area (TPSA) is 39.4 Å². The highest BCUT2D eigenvalue weighted by atomic mass is 19.1. The molecular weight excluding hydrogens is 271 g/mol. The predicted octanol–water partition coefficient (Wildman–Crippen LogP) is 4.33. The summed E-state index contributed by atoms with van der Waals surface area (Å²) in [5.74, 6) is -0.911. The van der Waals surface area contributed by atoms with Crippen LogP contribution in [0.2, 0.25) is 0 Å². The predicted molar refractivity (Wildman–Crippen MR) is 77.7 cm³/mol. The maximum absolute atomic E-state index is 14.0. The number of esters is 1. The number of methoxy groups -OCH3 is 1. The van der Waals surface area contributed by atoms with Gasteiger partial charge in [-0.25, -0.2) is 9.18 Å². The lowest BCUT2D eigenvalue weighted by molar-refractivity contribution is 0.0596. The monoisotopic (exact) mass is 284 g/mol. The van der Waals surface area contributed by atoms with Gasteiger partial charge in [-0.3, -0.25) is 0 Å². The zero-order valence-electron chi connectivity index (χ0n) is 11.6. The van der Waals surface area contributed by atoms with Gasteiger partial charge in [-0.1, -0.05) is 23.8 Å². The Hall–Kier alpha value is -2.62. The van der Waals surface area contributed by atoms with Crippen molar-refractivity contribution in [3.05, 3.63) is 59.4 Å². The molecule has 3 nitrogen and oxygen atoms in total. The molecule has 4 heteroatoms. The number of aryl methyl sites for hydroxylation is 1. The van der Waals surface area contributed by atoms with Crippen molar-refractivity contribution in [2.45, 2.75) is 6.92 Å². The maximum Gasteiger partial charge on any atom is 0.341 e. The van der Waals surface area contributed by atoms with Crippen LogP contribution in [0.3, 0.4) is 0 Å². The smallest absolute Gasteiger partial charge is 0.341 e. The molecular formula is C17H13FO3. The SMILES string of the molecule is COC(=O)c1c(F)cccc1-c1cc2cc(C)ccc2o1. The van der Waals surface area contributed by atoms with Gasteiger partial charge in [0.15, 0.2) is 0 Å². The number of hydrogen-bond donors (Lipinski definition) is 0. The van der Waals surface area contributed by atoms with Gasteiger partial charge in [0, 0.05) is 10.9 Å². The summed E-state index contributed by atoms with van der Waals surface area (Å²) < 4.78 is 24.3. The van der Waals surface area contributed by atoms with Gasteiger partial charge < -0.3 is 9.15 Å². The van der Waals surface area contributed by atoms with E-state index in [4.69, 9.17) is 4.42 Å². The Bertz CT molecular complexity index is 833. The molecule has 0 saturated heterocycles. The standard InChI is InChI=1S/C17H13FO3/c1-10-6-7-14-11(8-10)9-15(21-14)12-4-3-5-13(18)16(12)17(19)20-2/h3-9H,1-2H3. The lowest BCUT2D eigenvalue weighted by atomic mass is 10.0. The molecule has 0 amide bonds. The van der Waals surface area contributed by atoms with Crippen LogP contribution in [0.25, 0.3) is 22.3 Å². The fraction of sp³-hybridized carbons (Fsp3) is 0.118. The van der Waals surface area contributed by atoms with E-state index in [1.807, 2.05) is 25.1 Å². The van der Waals surface area contributed by atoms with Crippen LogP contribution in [-0.2, 0) is 4.74 Å². The molecule has 0 N–H and O–H groups in total. The quantitative estimate of drug-likeness (QED) is 0.657. The second-order valence-electron chi connectivity index (χ2n) is 4.81. The highest BCUT2D eigenvalue weighted by Crippen LogP contribution is 2.32. The summed E-state index contributed by atoms with van der Waals surface area (Å²) >= 11 is 0. The van der Waals surface area contributed by atoms with Crippen molar-refractivity contribution in [3.8, 4) is 11.3 Å². The van der Waals surface area contributed by atoms with E-state index < -0.39 is 11.8 Å². The zero-order valence-corrected chi connectivity index (χ0v) is 11.6. The van der Waals surface area contributed by atoms with Crippen molar-refractivity contribution in [2.24, 2.45) is 0 Å². The zero-order chi connectivity index (χ0) is 15.0. The second-order valence-corrected chi connectivity index (χ2v) is 4.81. The first-order valence-corrected chi connectivity index (χ1v) is 6.47. The summed E-state index contributed by atoms with van der Waals surface area (Å²) in [6.07, 6.45) is 0. The second kappa shape index (κ2) is 5.05. The summed E-state index contributed by atoms with van der Waals surface area (Å²) in [6, 6.07) is 12.0. The van der Waals surface area contributed by atoms with Crippen molar-refractivity contribution < 1.29 is 18.3 Å². The summed E-state index contributed by atoms with van der Waals surface area (Å²) in [5.41, 5.74) is 2.06. The highest BCUT2D eigenvalue weighted by molar-refractivity contribution is 5.98. The number of ether oxygens (including phenoxy) is 1. The van der Waals surface area contributed by atoms with Crippen molar-refractivity contribution in [1.82, 2.24) is 0 Å². The van der Waals surface area contributed by atoms with Gasteiger partial charge in [0.05, 0.1) is 7.11 Å². The number of hydrogen-bond acceptors (Lipinski definition) is 3. The minimum atomic E-state index is -0.722. The highest BCUT2D eigenvalue weighted by Gasteiger charge is 2.20. The average molecular weight is 284 g/mol. The number of rotatable bonds is 2. The van der Waals surface area contributed by atoms with E-state index in [0.717, 1.165) is 10.9 Å². The van der Waals surface area contributed by atoms with Crippen molar-refractivity contribution >= 4 is 16.9 Å². The summed E-state index contributed by atoms with van der Waals surface area (Å²) in [7, 11) is 1.22. The lowest BCUT2D eigenvalue weighted by Gasteiger charge is -2.06. The minimum absolute atomic E-state index is 0.115. The van der Waals surface area contributed by atoms with Crippen LogP contribution >= 0.6 is 0 Å². The van der Waals surface area contributed by atoms with Crippen LogP contribution in [-0.4, -0.2) is 13.1 Å². The number of fused-ring (bicyclic) bond motifs is 1. The number of benzene rings is 2. The van der Waals surface area contributed by atoms with Gasteiger partial charge >= 0.3 is 5.97 Å². The molecule has 0 radical (unpaired) electrons. The third-order valence-electron chi connectivity index (χ3n) is 3.34. The molecule has 1 aromatic heterocycles. The molecule has 3 rings (SSSR count). The van der Waals surface area contributed by atoms with E-state index in [2.05, 4.69) is 4.74 Å². The molecule has 0 fully saturated rings. The van der Waals surface area contributed by atoms with E-state index in [9.17, 15) is 9.18 Å². The van der Waals surface area contributed by atoms with E-state index in [1.165, 1.54) is 19.2 Å². The third kappa shape index (κ3) is 2.29. The Morgan fingerprint density at radius 1 is 1.19 bits per heavy atom. The van der Waals surface area contributed by atoms with Crippen LogP contribution in [0.4, 0.5) is 4.39 Å². The van der Waals surface area contributed by atoms with Gasteiger partial charge in [0.25, 0.3) is 0 Å². The first-order chi connectivity index (χ1) is 10.1. The normalized spacial score (nSPS) is 10.8. The van der Waals surface area contributed by atoms with E-state index in [-0.39, 0.29) is 5.56 Å². The summed E-state index contributed by atoms with van der Waals surface area (Å²) in [5, 5.41) is 0.907. The van der Waals surface area contributed by atoms with Crippen LogP contribution in [0.1, 0.15) is 15.9 Å². The van der Waals surface area contributed by atoms with Crippen LogP contribution in [0, 0.1) is 12.7 Å². The van der Waals surface area contributed by atoms with Gasteiger partial charge in [-0.15, -0.1) is 0 Å². The number of halogens is 1. The van der Waals surface area contributed by atoms with E-state index >= 15 is 0 Å². The van der Waals surface area contributed by atoms with Crippen LogP contribution in [0.15, 0.2) is 46.9 Å². The van der Waals surface area contributed by atoms with Crippen molar-refractivity contribution in [3.63, 3.8) is 0 Å². The fourth-order valence-corrected chi connectivity index (χ4v) is 2.33. The first-order valence-electron chi connectivity index (χ1n) is 6.47. The first kappa shape index (κ1) is 13.4. The average Bonchev–Trinajstić information content (AvgIpc) is 2.89. The lowest BCUT2D eigenvalue weighted by Crippen LogP contribution is -2.06. The van der Waals surface area contributed by atoms with Crippen molar-refractivity contribution in [1.29, 1.82) is 0 Å². The molecule has 0 aliphatic carbocycles. The molecule has 1 heterocycles. The van der Waals surface area contributed by atoms with E-state index in [1.54, 1.807) is 12.1 Å². The van der Waals surface area contributed by atoms with E-state index in [0.29, 0.717) is 16.9 Å². The molecule has 0 aliphatic heterocycles. The summed E-state index contributed by atoms with van der Waals surface area (Å²) in [6.45, 7) is 1.98. The molecule has 21 heavy (non-hydrogen) atoms. The molecule has 0 spiro atoms. The Balaban J connectivity index is 2.23. The van der Waals surface area contributed by atoms with Crippen LogP contribution < -0.4 is 0 Å². The molecule has 106 valence electrons. The fourth-order valence-electron chi connectivity index (χ4n) is 2.33. The Kier molecular flexibility index (Phi) is 3.22. The number of carbonyl (C=O) groups is 1. The van der Waals surface area contributed by atoms with Crippen molar-refractivity contribution in [2.75, 3.05) is 7.11 Å². The summed E-state index contributed by atoms with van der Waals surface area (Å²) in [4.78, 5) is 11.8. The minimum Gasteiger partial charge on any atom is -0.465 e. The Morgan fingerprint density at radius 2 is 2.00 bits per heavy atom. The Morgan fingerprint density at radius 3 is 2.76 bits per heavy atom. The van der Waals surface area contributed by atoms with Crippen LogP contribution in [0.5, 0.6) is 0 Å². The molecule has 3 aromatic rings. The molecule has 0 aliphatic rings. The third-order valence-corrected chi connectivity index (χ3v) is 3.34. The number of carbonyl (C=O) groups excluding carboxylic acids is 1. The van der Waals surface area contributed by atoms with Gasteiger partial charge in [-0.05, 0) is 31.2 Å². The van der Waals surface area contributed by atoms with Gasteiger partial charge in [-0.2, -0.15) is 0 Å². The molecule has 2 aromatic carbocycles. The molecule has 0 unspecified atom stereocenters. The molecule has 0 atom stereocenters. The molecule has 0 bridgehead atoms. The molecule has 0 saturated carbocycles. The maximum atomic E-state index is 14.0.